The maximum atomic E-state index is 13.2. The van der Waals surface area contributed by atoms with Crippen LogP contribution in [0.2, 0.25) is 0 Å². The Morgan fingerprint density at radius 3 is 2.83 bits per heavy atom. The third-order valence-corrected chi connectivity index (χ3v) is 7.03. The largest absolute Gasteiger partial charge is 0.348 e. The van der Waals surface area contributed by atoms with Gasteiger partial charge in [0.15, 0.2) is 0 Å². The van der Waals surface area contributed by atoms with Gasteiger partial charge < -0.3 is 10.6 Å². The summed E-state index contributed by atoms with van der Waals surface area (Å²) in [6.45, 7) is 5.69. The Morgan fingerprint density at radius 1 is 1.28 bits per heavy atom. The normalized spacial score (nSPS) is 21.8. The maximum absolute atomic E-state index is 13.2. The highest BCUT2D eigenvalue weighted by Crippen LogP contribution is 2.42. The predicted octanol–water partition coefficient (Wildman–Crippen LogP) is 3.33. The molecule has 1 aliphatic carbocycles. The van der Waals surface area contributed by atoms with E-state index in [9.17, 15) is 14.4 Å². The summed E-state index contributed by atoms with van der Waals surface area (Å²) in [4.78, 5) is 40.6. The molecule has 29 heavy (non-hydrogen) atoms. The number of imide groups is 1. The molecule has 1 spiro atoms. The average molecular weight is 412 g/mol. The summed E-state index contributed by atoms with van der Waals surface area (Å²) in [7, 11) is 0. The molecule has 1 aliphatic heterocycles. The van der Waals surface area contributed by atoms with E-state index < -0.39 is 11.6 Å². The molecule has 0 unspecified atom stereocenters. The Kier molecular flexibility index (Phi) is 4.94. The molecule has 2 aliphatic rings. The summed E-state index contributed by atoms with van der Waals surface area (Å²) >= 11 is 1.61. The van der Waals surface area contributed by atoms with E-state index in [2.05, 4.69) is 10.6 Å². The van der Waals surface area contributed by atoms with Gasteiger partial charge in [0.25, 0.3) is 5.91 Å². The second kappa shape index (κ2) is 7.30. The Bertz CT molecular complexity index is 999. The minimum absolute atomic E-state index is 0.213. The summed E-state index contributed by atoms with van der Waals surface area (Å²) in [5.74, 6) is -0.673. The number of amides is 4. The predicted molar refractivity (Wildman–Crippen MR) is 112 cm³/mol. The quantitative estimate of drug-likeness (QED) is 0.758. The number of thiophene rings is 1. The molecule has 2 heterocycles. The topological polar surface area (TPSA) is 78.5 Å². The van der Waals surface area contributed by atoms with Gasteiger partial charge in [0.05, 0.1) is 6.04 Å². The second-order valence-corrected chi connectivity index (χ2v) is 8.97. The number of hydrogen-bond acceptors (Lipinski definition) is 4. The van der Waals surface area contributed by atoms with E-state index in [0.717, 1.165) is 39.3 Å². The standard InChI is InChI=1S/C22H25N3O3S/c1-13-6-7-16(11-14(13)2)15(3)23-19(26)12-25-20(27)22(24-21(25)28)9-4-5-18-17(22)8-10-29-18/h6-8,10-11,15H,4-5,9,12H2,1-3H3,(H,23,26)(H,24,28)/t15-,22-/m0/s1. The molecule has 4 amide bonds. The summed E-state index contributed by atoms with van der Waals surface area (Å²) in [5, 5.41) is 7.74. The summed E-state index contributed by atoms with van der Waals surface area (Å²) in [6, 6.07) is 7.26. The fraction of sp³-hybridized carbons (Fsp3) is 0.409. The number of benzene rings is 1. The van der Waals surface area contributed by atoms with Crippen molar-refractivity contribution in [3.8, 4) is 0 Å². The Balaban J connectivity index is 1.47. The van der Waals surface area contributed by atoms with Crippen LogP contribution in [-0.2, 0) is 21.5 Å². The fourth-order valence-electron chi connectivity index (χ4n) is 4.23. The van der Waals surface area contributed by atoms with Crippen LogP contribution in [0.3, 0.4) is 0 Å². The van der Waals surface area contributed by atoms with E-state index >= 15 is 0 Å². The molecular weight excluding hydrogens is 386 g/mol. The Labute approximate surface area is 174 Å². The Hall–Kier alpha value is -2.67. The summed E-state index contributed by atoms with van der Waals surface area (Å²) in [6.07, 6.45) is 2.33. The molecule has 7 heteroatoms. The van der Waals surface area contributed by atoms with Gasteiger partial charge in [-0.05, 0) is 68.2 Å². The monoisotopic (exact) mass is 411 g/mol. The smallest absolute Gasteiger partial charge is 0.325 e. The van der Waals surface area contributed by atoms with Crippen molar-refractivity contribution < 1.29 is 14.4 Å². The third kappa shape index (κ3) is 3.33. The molecule has 4 rings (SSSR count). The molecule has 0 bridgehead atoms. The van der Waals surface area contributed by atoms with Crippen molar-refractivity contribution in [2.24, 2.45) is 0 Å². The van der Waals surface area contributed by atoms with Crippen LogP contribution in [0.25, 0.3) is 0 Å². The van der Waals surface area contributed by atoms with Gasteiger partial charge >= 0.3 is 6.03 Å². The van der Waals surface area contributed by atoms with E-state index in [0.29, 0.717) is 6.42 Å². The lowest BCUT2D eigenvalue weighted by Crippen LogP contribution is -2.47. The molecule has 6 nitrogen and oxygen atoms in total. The van der Waals surface area contributed by atoms with Gasteiger partial charge in [-0.3, -0.25) is 14.5 Å². The first-order valence-electron chi connectivity index (χ1n) is 9.89. The minimum atomic E-state index is -1.01. The van der Waals surface area contributed by atoms with Crippen molar-refractivity contribution in [1.29, 1.82) is 0 Å². The second-order valence-electron chi connectivity index (χ2n) is 7.97. The molecule has 2 N–H and O–H groups in total. The molecule has 1 aromatic heterocycles. The highest BCUT2D eigenvalue weighted by molar-refractivity contribution is 7.10. The number of rotatable bonds is 4. The number of fused-ring (bicyclic) bond motifs is 2. The average Bonchev–Trinajstić information content (AvgIpc) is 3.25. The minimum Gasteiger partial charge on any atom is -0.348 e. The van der Waals surface area contributed by atoms with Gasteiger partial charge in [-0.25, -0.2) is 4.79 Å². The lowest BCUT2D eigenvalue weighted by molar-refractivity contribution is -0.135. The van der Waals surface area contributed by atoms with Crippen LogP contribution in [0.15, 0.2) is 29.6 Å². The van der Waals surface area contributed by atoms with Crippen LogP contribution in [0, 0.1) is 13.8 Å². The third-order valence-electron chi connectivity index (χ3n) is 6.05. The molecule has 2 atom stereocenters. The van der Waals surface area contributed by atoms with E-state index in [-0.39, 0.29) is 24.4 Å². The van der Waals surface area contributed by atoms with Crippen LogP contribution < -0.4 is 10.6 Å². The molecule has 1 fully saturated rings. The van der Waals surface area contributed by atoms with E-state index in [4.69, 9.17) is 0 Å². The SMILES string of the molecule is Cc1ccc([C@H](C)NC(=O)CN2C(=O)N[C@]3(CCCc4sccc43)C2=O)cc1C. The molecule has 152 valence electrons. The lowest BCUT2D eigenvalue weighted by Gasteiger charge is -2.31. The molecule has 0 saturated carbocycles. The van der Waals surface area contributed by atoms with Crippen LogP contribution in [0.1, 0.15) is 52.9 Å². The molecule has 0 radical (unpaired) electrons. The van der Waals surface area contributed by atoms with Gasteiger partial charge in [0, 0.05) is 10.4 Å². The molecule has 1 saturated heterocycles. The first-order chi connectivity index (χ1) is 13.8. The van der Waals surface area contributed by atoms with Crippen LogP contribution in [0.5, 0.6) is 0 Å². The van der Waals surface area contributed by atoms with Crippen molar-refractivity contribution in [3.63, 3.8) is 0 Å². The number of nitrogens with zero attached hydrogens (tertiary/aromatic N) is 1. The Morgan fingerprint density at radius 2 is 2.07 bits per heavy atom. The van der Waals surface area contributed by atoms with Crippen molar-refractivity contribution >= 4 is 29.2 Å². The zero-order valence-electron chi connectivity index (χ0n) is 16.9. The number of urea groups is 1. The maximum Gasteiger partial charge on any atom is 0.325 e. The van der Waals surface area contributed by atoms with Gasteiger partial charge in [0.1, 0.15) is 12.1 Å². The van der Waals surface area contributed by atoms with Crippen molar-refractivity contribution in [2.75, 3.05) is 6.54 Å². The van der Waals surface area contributed by atoms with Gasteiger partial charge in [-0.15, -0.1) is 11.3 Å². The van der Waals surface area contributed by atoms with Gasteiger partial charge in [-0.1, -0.05) is 18.2 Å². The van der Waals surface area contributed by atoms with Gasteiger partial charge in [0.2, 0.25) is 5.91 Å². The molecule has 2 aromatic rings. The summed E-state index contributed by atoms with van der Waals surface area (Å²) < 4.78 is 0. The van der Waals surface area contributed by atoms with Crippen LogP contribution in [0.4, 0.5) is 4.79 Å². The molecular formula is C22H25N3O3S. The summed E-state index contributed by atoms with van der Waals surface area (Å²) in [5.41, 5.74) is 3.22. The van der Waals surface area contributed by atoms with E-state index in [1.165, 1.54) is 5.56 Å². The number of carbonyl (C=O) groups excluding carboxylic acids is 3. The fourth-order valence-corrected chi connectivity index (χ4v) is 5.23. The first-order valence-corrected chi connectivity index (χ1v) is 10.8. The zero-order valence-corrected chi connectivity index (χ0v) is 17.7. The highest BCUT2D eigenvalue weighted by Gasteiger charge is 2.54. The van der Waals surface area contributed by atoms with Crippen molar-refractivity contribution in [3.05, 3.63) is 56.8 Å². The van der Waals surface area contributed by atoms with Crippen molar-refractivity contribution in [2.45, 2.75) is 51.6 Å². The number of carbonyl (C=O) groups is 3. The van der Waals surface area contributed by atoms with Gasteiger partial charge in [-0.2, -0.15) is 0 Å². The lowest BCUT2D eigenvalue weighted by atomic mass is 9.80. The van der Waals surface area contributed by atoms with Crippen LogP contribution in [-0.4, -0.2) is 29.3 Å². The highest BCUT2D eigenvalue weighted by atomic mass is 32.1. The zero-order chi connectivity index (χ0) is 20.8. The van der Waals surface area contributed by atoms with Crippen LogP contribution >= 0.6 is 11.3 Å². The van der Waals surface area contributed by atoms with E-state index in [1.54, 1.807) is 11.3 Å². The first kappa shape index (κ1) is 19.6. The number of aryl methyl sites for hydroxylation is 3. The number of nitrogens with one attached hydrogen (secondary N) is 2. The van der Waals surface area contributed by atoms with E-state index in [1.807, 2.05) is 50.4 Å². The number of hydrogen-bond donors (Lipinski definition) is 2. The van der Waals surface area contributed by atoms with Crippen molar-refractivity contribution in [1.82, 2.24) is 15.5 Å². The molecule has 1 aromatic carbocycles.